The van der Waals surface area contributed by atoms with Crippen LogP contribution >= 0.6 is 0 Å². The molecule has 0 saturated carbocycles. The number of nitrogen functional groups attached to an aromatic ring is 1. The first-order valence-electron chi connectivity index (χ1n) is 7.14. The Morgan fingerprint density at radius 2 is 1.87 bits per heavy atom. The van der Waals surface area contributed by atoms with E-state index in [2.05, 4.69) is 20.2 Å². The molecule has 0 spiro atoms. The summed E-state index contributed by atoms with van der Waals surface area (Å²) in [6, 6.07) is 9.51. The molecule has 0 atom stereocenters. The van der Waals surface area contributed by atoms with Crippen LogP contribution in [0, 0.1) is 0 Å². The van der Waals surface area contributed by atoms with Crippen molar-refractivity contribution in [2.24, 2.45) is 0 Å². The number of aromatic nitrogens is 4. The summed E-state index contributed by atoms with van der Waals surface area (Å²) in [5.41, 5.74) is 8.80. The van der Waals surface area contributed by atoms with Gasteiger partial charge in [0, 0.05) is 17.6 Å². The number of hydrogen-bond acceptors (Lipinski definition) is 7. The number of hydrogen-bond donors (Lipinski definition) is 1. The van der Waals surface area contributed by atoms with Crippen molar-refractivity contribution in [3.8, 4) is 23.0 Å². The first kappa shape index (κ1) is 13.4. The van der Waals surface area contributed by atoms with Gasteiger partial charge >= 0.3 is 0 Å². The third-order valence-electron chi connectivity index (χ3n) is 3.49. The van der Waals surface area contributed by atoms with Gasteiger partial charge in [0.15, 0.2) is 11.5 Å². The van der Waals surface area contributed by atoms with Gasteiger partial charge in [0.1, 0.15) is 0 Å². The first-order chi connectivity index (χ1) is 11.3. The first-order valence-corrected chi connectivity index (χ1v) is 7.14. The lowest BCUT2D eigenvalue weighted by Gasteiger charge is -2.03. The molecule has 2 N–H and O–H groups in total. The van der Waals surface area contributed by atoms with Crippen molar-refractivity contribution < 1.29 is 9.15 Å². The van der Waals surface area contributed by atoms with E-state index in [0.29, 0.717) is 23.9 Å². The van der Waals surface area contributed by atoms with Gasteiger partial charge in [0.05, 0.1) is 24.8 Å². The smallest absolute Gasteiger partial charge is 0.270 e. The molecule has 0 saturated heterocycles. The molecule has 0 fully saturated rings. The normalized spacial score (nSPS) is 13.7. The van der Waals surface area contributed by atoms with E-state index in [9.17, 15) is 0 Å². The Bertz CT molecular complexity index is 873. The second-order valence-corrected chi connectivity index (χ2v) is 5.03. The zero-order chi connectivity index (χ0) is 15.6. The minimum atomic E-state index is 0.246. The van der Waals surface area contributed by atoms with Crippen molar-refractivity contribution >= 4 is 11.4 Å². The number of anilines is 1. The third-order valence-corrected chi connectivity index (χ3v) is 3.49. The fourth-order valence-electron chi connectivity index (χ4n) is 2.30. The van der Waals surface area contributed by atoms with E-state index >= 15 is 0 Å². The van der Waals surface area contributed by atoms with Gasteiger partial charge in [-0.2, -0.15) is 0 Å². The molecule has 114 valence electrons. The Labute approximate surface area is 131 Å². The molecule has 1 aliphatic heterocycles. The molecule has 23 heavy (non-hydrogen) atoms. The lowest BCUT2D eigenvalue weighted by atomic mass is 10.2. The van der Waals surface area contributed by atoms with Crippen LogP contribution in [-0.4, -0.2) is 26.8 Å². The van der Waals surface area contributed by atoms with Gasteiger partial charge in [-0.1, -0.05) is 18.2 Å². The average molecular weight is 307 g/mol. The zero-order valence-corrected chi connectivity index (χ0v) is 12.1. The Hall–Kier alpha value is -3.22. The SMILES string of the molecule is Nc1ncc(C2=COCC2)nc1-c1nnc(-c2ccccc2)o1. The maximum absolute atomic E-state index is 5.92. The van der Waals surface area contributed by atoms with Crippen LogP contribution in [0.25, 0.3) is 28.6 Å². The highest BCUT2D eigenvalue weighted by molar-refractivity contribution is 5.69. The highest BCUT2D eigenvalue weighted by Crippen LogP contribution is 2.28. The van der Waals surface area contributed by atoms with E-state index in [1.54, 1.807) is 12.5 Å². The fraction of sp³-hybridized carbons (Fsp3) is 0.125. The standard InChI is InChI=1S/C16H13N5O2/c17-14-13(19-12(8-18-14)11-6-7-22-9-11)16-21-20-15(23-16)10-4-2-1-3-5-10/h1-5,8-9H,6-7H2,(H2,17,18). The summed E-state index contributed by atoms with van der Waals surface area (Å²) in [4.78, 5) is 8.67. The van der Waals surface area contributed by atoms with Crippen LogP contribution in [0.15, 0.2) is 47.2 Å². The van der Waals surface area contributed by atoms with Crippen molar-refractivity contribution in [1.82, 2.24) is 20.2 Å². The minimum Gasteiger partial charge on any atom is -0.500 e. The van der Waals surface area contributed by atoms with E-state index in [-0.39, 0.29) is 11.7 Å². The van der Waals surface area contributed by atoms with Crippen LogP contribution < -0.4 is 5.73 Å². The number of ether oxygens (including phenoxy) is 1. The lowest BCUT2D eigenvalue weighted by Crippen LogP contribution is -2.00. The monoisotopic (exact) mass is 307 g/mol. The molecule has 4 rings (SSSR count). The fourth-order valence-corrected chi connectivity index (χ4v) is 2.30. The van der Waals surface area contributed by atoms with Crippen molar-refractivity contribution in [2.75, 3.05) is 12.3 Å². The van der Waals surface area contributed by atoms with Crippen LogP contribution in [0.1, 0.15) is 12.1 Å². The summed E-state index contributed by atoms with van der Waals surface area (Å²) < 4.78 is 10.9. The molecule has 0 aliphatic carbocycles. The zero-order valence-electron chi connectivity index (χ0n) is 12.1. The Morgan fingerprint density at radius 3 is 2.65 bits per heavy atom. The maximum Gasteiger partial charge on any atom is 0.270 e. The summed E-state index contributed by atoms with van der Waals surface area (Å²) in [6.45, 7) is 0.648. The maximum atomic E-state index is 5.92. The van der Waals surface area contributed by atoms with Crippen molar-refractivity contribution in [3.05, 3.63) is 48.5 Å². The van der Waals surface area contributed by atoms with Gasteiger partial charge in [-0.05, 0) is 12.1 Å². The van der Waals surface area contributed by atoms with E-state index in [1.165, 1.54) is 0 Å². The Balaban J connectivity index is 1.73. The number of nitrogens with two attached hydrogens (primary N) is 1. The summed E-state index contributed by atoms with van der Waals surface area (Å²) in [5.74, 6) is 0.905. The predicted molar refractivity (Wildman–Crippen MR) is 83.7 cm³/mol. The quantitative estimate of drug-likeness (QED) is 0.793. The van der Waals surface area contributed by atoms with Gasteiger partial charge in [-0.15, -0.1) is 10.2 Å². The van der Waals surface area contributed by atoms with Crippen molar-refractivity contribution in [1.29, 1.82) is 0 Å². The largest absolute Gasteiger partial charge is 0.500 e. The van der Waals surface area contributed by atoms with Gasteiger partial charge < -0.3 is 14.9 Å². The molecule has 1 aliphatic rings. The van der Waals surface area contributed by atoms with Crippen LogP contribution in [0.5, 0.6) is 0 Å². The molecule has 0 radical (unpaired) electrons. The van der Waals surface area contributed by atoms with Crippen LogP contribution in [-0.2, 0) is 4.74 Å². The molecule has 7 heteroatoms. The molecule has 0 unspecified atom stereocenters. The van der Waals surface area contributed by atoms with Crippen LogP contribution in [0.2, 0.25) is 0 Å². The van der Waals surface area contributed by atoms with Crippen molar-refractivity contribution in [2.45, 2.75) is 6.42 Å². The van der Waals surface area contributed by atoms with E-state index in [1.807, 2.05) is 30.3 Å². The highest BCUT2D eigenvalue weighted by atomic mass is 16.5. The Morgan fingerprint density at radius 1 is 1.04 bits per heavy atom. The van der Waals surface area contributed by atoms with E-state index in [4.69, 9.17) is 14.9 Å². The van der Waals surface area contributed by atoms with Gasteiger partial charge in [-0.25, -0.2) is 9.97 Å². The molecular weight excluding hydrogens is 294 g/mol. The van der Waals surface area contributed by atoms with Crippen LogP contribution in [0.4, 0.5) is 5.82 Å². The van der Waals surface area contributed by atoms with Gasteiger partial charge in [0.2, 0.25) is 5.89 Å². The van der Waals surface area contributed by atoms with E-state index in [0.717, 1.165) is 17.6 Å². The van der Waals surface area contributed by atoms with E-state index < -0.39 is 0 Å². The lowest BCUT2D eigenvalue weighted by molar-refractivity contribution is 0.281. The van der Waals surface area contributed by atoms with Gasteiger partial charge in [0.25, 0.3) is 5.89 Å². The minimum absolute atomic E-state index is 0.246. The molecule has 2 aromatic heterocycles. The molecule has 3 heterocycles. The van der Waals surface area contributed by atoms with Crippen molar-refractivity contribution in [3.63, 3.8) is 0 Å². The second kappa shape index (κ2) is 5.53. The number of benzene rings is 1. The molecule has 7 nitrogen and oxygen atoms in total. The summed E-state index contributed by atoms with van der Waals surface area (Å²) in [6.07, 6.45) is 4.10. The van der Waals surface area contributed by atoms with Gasteiger partial charge in [-0.3, -0.25) is 0 Å². The number of nitrogens with zero attached hydrogens (tertiary/aromatic N) is 4. The molecule has 3 aromatic rings. The number of rotatable bonds is 3. The summed E-state index contributed by atoms with van der Waals surface area (Å²) in [7, 11) is 0. The Kier molecular flexibility index (Phi) is 3.23. The average Bonchev–Trinajstić information content (AvgIpc) is 3.28. The second-order valence-electron chi connectivity index (χ2n) is 5.03. The molecular formula is C16H13N5O2. The highest BCUT2D eigenvalue weighted by Gasteiger charge is 2.18. The summed E-state index contributed by atoms with van der Waals surface area (Å²) in [5, 5.41) is 8.09. The van der Waals surface area contributed by atoms with Crippen LogP contribution in [0.3, 0.4) is 0 Å². The molecule has 0 amide bonds. The topological polar surface area (TPSA) is 100.0 Å². The molecule has 0 bridgehead atoms. The summed E-state index contributed by atoms with van der Waals surface area (Å²) >= 11 is 0. The predicted octanol–water partition coefficient (Wildman–Crippen LogP) is 2.54. The third kappa shape index (κ3) is 2.52. The molecule has 1 aromatic carbocycles.